The minimum atomic E-state index is -1.02. The zero-order valence-corrected chi connectivity index (χ0v) is 18.3. The second-order valence-electron chi connectivity index (χ2n) is 7.79. The van der Waals surface area contributed by atoms with E-state index < -0.39 is 6.62 Å². The molecule has 0 aliphatic rings. The van der Waals surface area contributed by atoms with Crippen molar-refractivity contribution in [3.8, 4) is 0 Å². The van der Waals surface area contributed by atoms with Crippen molar-refractivity contribution < 1.29 is 0 Å². The average molecular weight is 412 g/mol. The van der Waals surface area contributed by atoms with Crippen molar-refractivity contribution in [3.05, 3.63) is 0 Å². The van der Waals surface area contributed by atoms with Gasteiger partial charge in [-0.15, -0.1) is 0 Å². The van der Waals surface area contributed by atoms with Gasteiger partial charge in [0.05, 0.1) is 0 Å². The Kier molecular flexibility index (Phi) is 11.0. The van der Waals surface area contributed by atoms with Gasteiger partial charge in [0.1, 0.15) is 0 Å². The van der Waals surface area contributed by atoms with E-state index in [1.807, 2.05) is 0 Å². The fourth-order valence-corrected chi connectivity index (χ4v) is 8.18. The van der Waals surface area contributed by atoms with Crippen molar-refractivity contribution in [2.45, 2.75) is 55.4 Å². The molecule has 0 bridgehead atoms. The first-order valence-corrected chi connectivity index (χ1v) is 13.5. The Labute approximate surface area is 142 Å². The molecular weight excluding hydrogens is 375 g/mol. The summed E-state index contributed by atoms with van der Waals surface area (Å²) in [6, 6.07) is 0. The monoisotopic (exact) mass is 412 g/mol. The summed E-state index contributed by atoms with van der Waals surface area (Å²) < 4.78 is 5.61. The van der Waals surface area contributed by atoms with Crippen LogP contribution in [0.3, 0.4) is 0 Å². The highest BCUT2D eigenvalue weighted by molar-refractivity contribution is 14.1. The second-order valence-corrected chi connectivity index (χ2v) is 13.2. The van der Waals surface area contributed by atoms with E-state index in [1.165, 1.54) is 26.2 Å². The summed E-state index contributed by atoms with van der Waals surface area (Å²) in [6.45, 7) is 22.8. The average Bonchev–Trinajstić information content (AvgIpc) is 2.23. The van der Waals surface area contributed by atoms with Crippen LogP contribution in [0.2, 0.25) is 0 Å². The lowest BCUT2D eigenvalue weighted by atomic mass is 10.2. The third kappa shape index (κ3) is 9.74. The van der Waals surface area contributed by atoms with Crippen LogP contribution < -0.4 is 0 Å². The molecule has 0 radical (unpaired) electrons. The van der Waals surface area contributed by atoms with E-state index in [9.17, 15) is 0 Å². The molecular formula is C16H37IN2Si. The van der Waals surface area contributed by atoms with Gasteiger partial charge in [-0.05, 0) is 49.9 Å². The molecule has 0 fully saturated rings. The minimum Gasteiger partial charge on any atom is -0.306 e. The first-order chi connectivity index (χ1) is 9.13. The molecule has 0 saturated heterocycles. The summed E-state index contributed by atoms with van der Waals surface area (Å²) in [7, 11) is 0. The van der Waals surface area contributed by atoms with Crippen LogP contribution in [0.1, 0.15) is 55.4 Å². The van der Waals surface area contributed by atoms with Crippen molar-refractivity contribution in [1.29, 1.82) is 0 Å². The molecule has 20 heavy (non-hydrogen) atoms. The van der Waals surface area contributed by atoms with Crippen molar-refractivity contribution in [2.75, 3.05) is 26.2 Å². The molecule has 0 aromatic carbocycles. The molecule has 2 nitrogen and oxygen atoms in total. The van der Waals surface area contributed by atoms with Gasteiger partial charge in [-0.2, -0.15) is 0 Å². The Morgan fingerprint density at radius 3 is 0.950 bits per heavy atom. The Bertz CT molecular complexity index is 201. The number of halogens is 1. The number of hydrogen-bond acceptors (Lipinski definition) is 2. The van der Waals surface area contributed by atoms with E-state index in [1.54, 1.807) is 0 Å². The second kappa shape index (κ2) is 10.6. The zero-order chi connectivity index (χ0) is 15.9. The lowest BCUT2D eigenvalue weighted by molar-refractivity contribution is 0.279. The summed E-state index contributed by atoms with van der Waals surface area (Å²) in [6.07, 6.45) is 0. The van der Waals surface area contributed by atoms with E-state index in [0.717, 1.165) is 23.7 Å². The molecule has 0 atom stereocenters. The van der Waals surface area contributed by atoms with Crippen LogP contribution in [-0.2, 0) is 0 Å². The van der Waals surface area contributed by atoms with Gasteiger partial charge in [0.2, 0.25) is 0 Å². The molecule has 0 amide bonds. The maximum absolute atomic E-state index is 2.81. The molecule has 0 aromatic rings. The summed E-state index contributed by atoms with van der Waals surface area (Å²) in [5, 5.41) is 0. The van der Waals surface area contributed by atoms with E-state index in [2.05, 4.69) is 86.3 Å². The van der Waals surface area contributed by atoms with Crippen LogP contribution in [0, 0.1) is 23.7 Å². The normalized spacial score (nSPS) is 13.2. The summed E-state index contributed by atoms with van der Waals surface area (Å²) in [5.41, 5.74) is 0. The third-order valence-corrected chi connectivity index (χ3v) is 9.78. The van der Waals surface area contributed by atoms with E-state index in [0.29, 0.717) is 0 Å². The number of hydrogen-bond donors (Lipinski definition) is 0. The molecule has 4 heteroatoms. The predicted octanol–water partition coefficient (Wildman–Crippen LogP) is 4.37. The Morgan fingerprint density at radius 1 is 0.600 bits per heavy atom. The van der Waals surface area contributed by atoms with Crippen LogP contribution in [0.5, 0.6) is 0 Å². The van der Waals surface area contributed by atoms with Gasteiger partial charge in [-0.25, -0.2) is 0 Å². The minimum absolute atomic E-state index is 0.762. The first kappa shape index (κ1) is 20.9. The van der Waals surface area contributed by atoms with Gasteiger partial charge in [0, 0.05) is 0 Å². The zero-order valence-electron chi connectivity index (χ0n) is 15.0. The Balaban J connectivity index is 4.85. The first-order valence-electron chi connectivity index (χ1n) is 8.25. The maximum atomic E-state index is 2.81. The van der Waals surface area contributed by atoms with Gasteiger partial charge >= 0.3 is 0 Å². The van der Waals surface area contributed by atoms with Crippen molar-refractivity contribution >= 4 is 28.4 Å². The lowest BCUT2D eigenvalue weighted by Gasteiger charge is -2.38. The van der Waals surface area contributed by atoms with Crippen LogP contribution in [-0.4, -0.2) is 41.9 Å². The van der Waals surface area contributed by atoms with Crippen molar-refractivity contribution in [3.63, 3.8) is 0 Å². The SMILES string of the molecule is CC(C)CN(CC(C)C)[SiH](I)N(CC(C)C)CC(C)C. The van der Waals surface area contributed by atoms with E-state index >= 15 is 0 Å². The quantitative estimate of drug-likeness (QED) is 0.299. The molecule has 0 saturated carbocycles. The molecule has 0 unspecified atom stereocenters. The van der Waals surface area contributed by atoms with Crippen LogP contribution in [0.15, 0.2) is 0 Å². The van der Waals surface area contributed by atoms with E-state index in [-0.39, 0.29) is 0 Å². The van der Waals surface area contributed by atoms with Gasteiger partial charge in [-0.3, -0.25) is 0 Å². The van der Waals surface area contributed by atoms with Gasteiger partial charge in [0.25, 0.3) is 6.62 Å². The van der Waals surface area contributed by atoms with Crippen LogP contribution in [0.25, 0.3) is 0 Å². The number of nitrogens with zero attached hydrogens (tertiary/aromatic N) is 2. The predicted molar refractivity (Wildman–Crippen MR) is 104 cm³/mol. The van der Waals surface area contributed by atoms with Crippen LogP contribution >= 0.6 is 21.8 Å². The molecule has 0 aromatic heterocycles. The lowest BCUT2D eigenvalue weighted by Crippen LogP contribution is -2.53. The molecule has 122 valence electrons. The highest BCUT2D eigenvalue weighted by Gasteiger charge is 2.27. The summed E-state index contributed by atoms with van der Waals surface area (Å²) in [5.74, 6) is 3.05. The molecule has 0 aliphatic heterocycles. The fourth-order valence-electron chi connectivity index (χ4n) is 2.60. The molecule has 0 N–H and O–H groups in total. The highest BCUT2D eigenvalue weighted by Crippen LogP contribution is 2.17. The van der Waals surface area contributed by atoms with Gasteiger partial charge in [0.15, 0.2) is 0 Å². The van der Waals surface area contributed by atoms with Gasteiger partial charge < -0.3 is 9.13 Å². The van der Waals surface area contributed by atoms with Crippen molar-refractivity contribution in [1.82, 2.24) is 9.13 Å². The number of rotatable bonds is 10. The summed E-state index contributed by atoms with van der Waals surface area (Å²) >= 11 is 2.79. The molecule has 0 spiro atoms. The molecule has 0 heterocycles. The molecule has 0 aliphatic carbocycles. The van der Waals surface area contributed by atoms with E-state index in [4.69, 9.17) is 0 Å². The largest absolute Gasteiger partial charge is 0.306 e. The highest BCUT2D eigenvalue weighted by atomic mass is 127. The van der Waals surface area contributed by atoms with Gasteiger partial charge in [-0.1, -0.05) is 77.2 Å². The Hall–Kier alpha value is 0.867. The fraction of sp³-hybridized carbons (Fsp3) is 1.00. The third-order valence-electron chi connectivity index (χ3n) is 3.00. The Morgan fingerprint density at radius 2 is 0.800 bits per heavy atom. The summed E-state index contributed by atoms with van der Waals surface area (Å²) in [4.78, 5) is 0. The molecule has 0 rings (SSSR count). The maximum Gasteiger partial charge on any atom is 0.259 e. The van der Waals surface area contributed by atoms with Crippen LogP contribution in [0.4, 0.5) is 0 Å². The topological polar surface area (TPSA) is 6.48 Å². The standard InChI is InChI=1S/C16H37IN2Si/c1-13(2)9-18(10-14(3)4)20(17)19(11-15(5)6)12-16(7)8/h13-16,20H,9-12H2,1-8H3. The smallest absolute Gasteiger partial charge is 0.259 e. The van der Waals surface area contributed by atoms with Crippen molar-refractivity contribution in [2.24, 2.45) is 23.7 Å².